The van der Waals surface area contributed by atoms with Crippen LogP contribution in [0.25, 0.3) is 0 Å². The molecule has 1 heterocycles. The second-order valence-corrected chi connectivity index (χ2v) is 15.5. The van der Waals surface area contributed by atoms with Gasteiger partial charge < -0.3 is 9.80 Å². The van der Waals surface area contributed by atoms with E-state index in [1.165, 1.54) is 57.8 Å². The van der Waals surface area contributed by atoms with Gasteiger partial charge in [0.2, 0.25) is 5.91 Å². The van der Waals surface area contributed by atoms with Gasteiger partial charge in [0, 0.05) is 32.1 Å². The van der Waals surface area contributed by atoms with Crippen LogP contribution in [0.3, 0.4) is 0 Å². The Hall–Kier alpha value is -1.26. The highest BCUT2D eigenvalue weighted by molar-refractivity contribution is 6.39. The number of hydrogen-bond donors (Lipinski definition) is 0. The standard InChI is InChI=1S/C36H54Cl2N2O2/c1-5-6-7-8-9-10-11-12-24-40(34(42)33-28(37)14-13-15-29(33)38)31-19-17-26-25-16-18-30-35(2,23-21-32(41)39(30)4)27(25)20-22-36(26,31)3/h13-15,25-27,30-31H,5-12,16-24H2,1-4H3/t25-,26-,27-,30+,31-,35+,36-/m0/s1. The van der Waals surface area contributed by atoms with E-state index in [9.17, 15) is 9.59 Å². The third-order valence-electron chi connectivity index (χ3n) is 12.6. The molecule has 1 saturated heterocycles. The summed E-state index contributed by atoms with van der Waals surface area (Å²) in [6.45, 7) is 8.03. The van der Waals surface area contributed by atoms with Crippen LogP contribution >= 0.6 is 23.2 Å². The van der Waals surface area contributed by atoms with Crippen molar-refractivity contribution in [3.63, 3.8) is 0 Å². The Kier molecular flexibility index (Phi) is 10.2. The summed E-state index contributed by atoms with van der Waals surface area (Å²) in [4.78, 5) is 31.2. The van der Waals surface area contributed by atoms with Gasteiger partial charge in [-0.1, -0.05) is 95.0 Å². The van der Waals surface area contributed by atoms with Gasteiger partial charge in [-0.25, -0.2) is 0 Å². The van der Waals surface area contributed by atoms with Gasteiger partial charge in [0.05, 0.1) is 15.6 Å². The second kappa shape index (κ2) is 13.4. The van der Waals surface area contributed by atoms with Crippen molar-refractivity contribution < 1.29 is 9.59 Å². The minimum absolute atomic E-state index is 0.0191. The number of fused-ring (bicyclic) bond motifs is 5. The first-order valence-electron chi connectivity index (χ1n) is 17.1. The quantitative estimate of drug-likeness (QED) is 0.232. The van der Waals surface area contributed by atoms with E-state index in [4.69, 9.17) is 23.2 Å². The van der Waals surface area contributed by atoms with Gasteiger partial charge in [-0.3, -0.25) is 9.59 Å². The number of benzene rings is 1. The molecule has 7 atom stereocenters. The van der Waals surface area contributed by atoms with E-state index < -0.39 is 0 Å². The monoisotopic (exact) mass is 616 g/mol. The third-order valence-corrected chi connectivity index (χ3v) is 13.2. The van der Waals surface area contributed by atoms with Crippen molar-refractivity contribution in [1.29, 1.82) is 0 Å². The lowest BCUT2D eigenvalue weighted by Gasteiger charge is -2.62. The largest absolute Gasteiger partial charge is 0.342 e. The zero-order valence-electron chi connectivity index (χ0n) is 26.6. The summed E-state index contributed by atoms with van der Waals surface area (Å²) in [5.74, 6) is 2.31. The molecule has 0 spiro atoms. The molecule has 0 N–H and O–H groups in total. The SMILES string of the molecule is CCCCCCCCCCN(C(=O)c1c(Cl)cccc1Cl)[C@H]1CC[C@H]2[C@@H]3CC[C@H]4N(C)C(=O)CC[C@]4(C)[C@H]3CC[C@]12C. The lowest BCUT2D eigenvalue weighted by molar-refractivity contribution is -0.158. The molecule has 6 heteroatoms. The number of rotatable bonds is 11. The highest BCUT2D eigenvalue weighted by atomic mass is 35.5. The van der Waals surface area contributed by atoms with E-state index in [2.05, 4.69) is 30.6 Å². The number of nitrogens with zero attached hydrogens (tertiary/aromatic N) is 2. The van der Waals surface area contributed by atoms with E-state index in [0.29, 0.717) is 51.7 Å². The number of piperidine rings is 1. The van der Waals surface area contributed by atoms with Crippen molar-refractivity contribution in [2.75, 3.05) is 13.6 Å². The van der Waals surface area contributed by atoms with Gasteiger partial charge in [0.1, 0.15) is 0 Å². The highest BCUT2D eigenvalue weighted by Gasteiger charge is 2.62. The van der Waals surface area contributed by atoms with Gasteiger partial charge in [-0.15, -0.1) is 0 Å². The van der Waals surface area contributed by atoms with Crippen molar-refractivity contribution >= 4 is 35.0 Å². The number of amides is 2. The van der Waals surface area contributed by atoms with Crippen LogP contribution in [0, 0.1) is 28.6 Å². The third kappa shape index (κ3) is 5.90. The number of halogens is 2. The summed E-state index contributed by atoms with van der Waals surface area (Å²) in [6, 6.07) is 6.01. The Morgan fingerprint density at radius 1 is 0.881 bits per heavy atom. The molecule has 1 aromatic carbocycles. The first kappa shape index (κ1) is 32.1. The Labute approximate surface area is 265 Å². The first-order valence-corrected chi connectivity index (χ1v) is 17.9. The zero-order valence-corrected chi connectivity index (χ0v) is 28.1. The maximum atomic E-state index is 14.3. The molecule has 4 nitrogen and oxygen atoms in total. The number of carbonyl (C=O) groups is 2. The Morgan fingerprint density at radius 2 is 1.52 bits per heavy atom. The number of likely N-dealkylation sites (tertiary alicyclic amines) is 1. The summed E-state index contributed by atoms with van der Waals surface area (Å²) in [6.07, 6.45) is 18.6. The van der Waals surface area contributed by atoms with Crippen LogP contribution in [0.1, 0.15) is 134 Å². The molecule has 0 aromatic heterocycles. The summed E-state index contributed by atoms with van der Waals surface area (Å²) in [5.41, 5.74) is 0.788. The van der Waals surface area contributed by atoms with Crippen molar-refractivity contribution in [3.8, 4) is 0 Å². The fraction of sp³-hybridized carbons (Fsp3) is 0.778. The van der Waals surface area contributed by atoms with Crippen LogP contribution in [-0.4, -0.2) is 47.3 Å². The summed E-state index contributed by atoms with van der Waals surface area (Å²) >= 11 is 13.2. The van der Waals surface area contributed by atoms with Gasteiger partial charge in [-0.2, -0.15) is 0 Å². The van der Waals surface area contributed by atoms with E-state index in [0.717, 1.165) is 45.1 Å². The average Bonchev–Trinajstić information content (AvgIpc) is 3.31. The maximum absolute atomic E-state index is 14.3. The molecular weight excluding hydrogens is 563 g/mol. The van der Waals surface area contributed by atoms with Crippen LogP contribution in [-0.2, 0) is 4.79 Å². The zero-order chi connectivity index (χ0) is 30.1. The van der Waals surface area contributed by atoms with E-state index in [-0.39, 0.29) is 22.8 Å². The van der Waals surface area contributed by atoms with Gasteiger partial charge in [0.25, 0.3) is 5.91 Å². The smallest absolute Gasteiger partial charge is 0.257 e. The maximum Gasteiger partial charge on any atom is 0.257 e. The molecule has 5 rings (SSSR count). The van der Waals surface area contributed by atoms with Crippen molar-refractivity contribution in [2.24, 2.45) is 28.6 Å². The highest BCUT2D eigenvalue weighted by Crippen LogP contribution is 2.65. The predicted molar refractivity (Wildman–Crippen MR) is 174 cm³/mol. The Bertz CT molecular complexity index is 1110. The topological polar surface area (TPSA) is 40.6 Å². The molecule has 0 bridgehead atoms. The molecule has 3 aliphatic carbocycles. The first-order chi connectivity index (χ1) is 20.1. The molecule has 0 unspecified atom stereocenters. The molecular formula is C36H54Cl2N2O2. The number of carbonyl (C=O) groups excluding carboxylic acids is 2. The number of unbranched alkanes of at least 4 members (excludes halogenated alkanes) is 7. The normalized spacial score (nSPS) is 34.1. The molecule has 4 aliphatic rings. The van der Waals surface area contributed by atoms with E-state index in [1.54, 1.807) is 12.1 Å². The van der Waals surface area contributed by atoms with Gasteiger partial charge in [-0.05, 0) is 92.1 Å². The molecule has 1 aromatic rings. The summed E-state index contributed by atoms with van der Waals surface area (Å²) in [5, 5.41) is 0.915. The van der Waals surface area contributed by atoms with Crippen LogP contribution in [0.15, 0.2) is 18.2 Å². The summed E-state index contributed by atoms with van der Waals surface area (Å²) < 4.78 is 0. The van der Waals surface area contributed by atoms with E-state index in [1.807, 2.05) is 13.1 Å². The molecule has 4 fully saturated rings. The van der Waals surface area contributed by atoms with Crippen molar-refractivity contribution in [2.45, 2.75) is 136 Å². The van der Waals surface area contributed by atoms with Crippen LogP contribution in [0.2, 0.25) is 10.0 Å². The van der Waals surface area contributed by atoms with Gasteiger partial charge in [0.15, 0.2) is 0 Å². The molecule has 3 saturated carbocycles. The van der Waals surface area contributed by atoms with Crippen LogP contribution < -0.4 is 0 Å². The average molecular weight is 618 g/mol. The lowest BCUT2D eigenvalue weighted by Crippen LogP contribution is -2.62. The molecule has 42 heavy (non-hydrogen) atoms. The molecule has 0 radical (unpaired) electrons. The summed E-state index contributed by atoms with van der Waals surface area (Å²) in [7, 11) is 2.04. The Morgan fingerprint density at radius 3 is 2.21 bits per heavy atom. The lowest BCUT2D eigenvalue weighted by atomic mass is 9.47. The minimum Gasteiger partial charge on any atom is -0.342 e. The van der Waals surface area contributed by atoms with Gasteiger partial charge >= 0.3 is 0 Å². The van der Waals surface area contributed by atoms with Crippen molar-refractivity contribution in [3.05, 3.63) is 33.8 Å². The van der Waals surface area contributed by atoms with Crippen LogP contribution in [0.5, 0.6) is 0 Å². The minimum atomic E-state index is 0.0191. The van der Waals surface area contributed by atoms with Crippen molar-refractivity contribution in [1.82, 2.24) is 9.80 Å². The Balaban J connectivity index is 1.34. The fourth-order valence-electron chi connectivity index (χ4n) is 10.3. The molecule has 2 amide bonds. The molecule has 1 aliphatic heterocycles. The predicted octanol–water partition coefficient (Wildman–Crippen LogP) is 9.81. The number of hydrogen-bond acceptors (Lipinski definition) is 2. The van der Waals surface area contributed by atoms with E-state index >= 15 is 0 Å². The fourth-order valence-corrected chi connectivity index (χ4v) is 10.9. The molecule has 234 valence electrons. The second-order valence-electron chi connectivity index (χ2n) is 14.7. The van der Waals surface area contributed by atoms with Crippen LogP contribution in [0.4, 0.5) is 0 Å².